The van der Waals surface area contributed by atoms with E-state index in [9.17, 15) is 0 Å². The summed E-state index contributed by atoms with van der Waals surface area (Å²) in [6, 6.07) is 0. The van der Waals surface area contributed by atoms with Crippen molar-refractivity contribution in [1.82, 2.24) is 0 Å². The number of nitrogens with zero attached hydrogens (tertiary/aromatic N) is 4. The van der Waals surface area contributed by atoms with Crippen LogP contribution in [0.25, 0.3) is 0 Å². The standard InChI is InChI=1S/C92H156N4/c1-5-9-13-17-21-25-29-33-37-41-45-49-53-57-61-65-69-81-77-86-79-84-74-73-82(93-84)78-83-75-76-85(94-83)80-90-87(70-66-62-58-54-50-46-42-38-34-30-26-22-18-14-10-6-2)88(71-67-63-59-55-51-47-43-39-35-31-27-23-19-15-11-7-3)92(96-90)89(91(81)95-86)72-68-64-60-56-52-48-44-40-36-32-28-24-20-16-12-8-4/h73-80H,5-72H2,1-4H3. The quantitative estimate of drug-likeness (QED) is 0.0545. The van der Waals surface area contributed by atoms with Crippen molar-refractivity contribution < 1.29 is 0 Å². The number of hydrogen-bond donors (Lipinski definition) is 0. The van der Waals surface area contributed by atoms with Crippen molar-refractivity contribution in [2.24, 2.45) is 20.0 Å². The molecule has 0 N–H and O–H groups in total. The largest absolute Gasteiger partial charge is 0.249 e. The van der Waals surface area contributed by atoms with Crippen LogP contribution in [0.2, 0.25) is 0 Å². The molecular weight excluding hydrogens is 1160 g/mol. The van der Waals surface area contributed by atoms with Crippen LogP contribution in [0, 0.1) is 0 Å². The molecule has 544 valence electrons. The molecule has 0 saturated carbocycles. The maximum absolute atomic E-state index is 5.99. The van der Waals surface area contributed by atoms with Crippen molar-refractivity contribution in [3.05, 3.63) is 93.7 Å². The average molecular weight is 1320 g/mol. The second-order valence-corrected chi connectivity index (χ2v) is 31.1. The van der Waals surface area contributed by atoms with Gasteiger partial charge in [0.15, 0.2) is 0 Å². The molecule has 96 heavy (non-hydrogen) atoms. The Morgan fingerprint density at radius 2 is 0.448 bits per heavy atom. The Morgan fingerprint density at radius 1 is 0.198 bits per heavy atom. The van der Waals surface area contributed by atoms with Crippen LogP contribution in [0.4, 0.5) is 0 Å². The van der Waals surface area contributed by atoms with E-state index in [2.05, 4.69) is 76.3 Å². The Morgan fingerprint density at radius 3 is 0.760 bits per heavy atom. The minimum atomic E-state index is 0.966. The van der Waals surface area contributed by atoms with Crippen LogP contribution < -0.4 is 0 Å². The van der Waals surface area contributed by atoms with E-state index in [4.69, 9.17) is 20.0 Å². The molecule has 5 aliphatic rings. The van der Waals surface area contributed by atoms with Gasteiger partial charge in [-0.25, -0.2) is 20.0 Å². The molecule has 4 heteroatoms. The molecule has 0 saturated heterocycles. The highest BCUT2D eigenvalue weighted by atomic mass is 14.9. The van der Waals surface area contributed by atoms with E-state index < -0.39 is 0 Å². The molecule has 0 atom stereocenters. The van der Waals surface area contributed by atoms with E-state index in [0.717, 1.165) is 54.2 Å². The molecule has 5 heterocycles. The van der Waals surface area contributed by atoms with Crippen LogP contribution in [0.1, 0.15) is 464 Å². The van der Waals surface area contributed by atoms with Gasteiger partial charge in [0, 0.05) is 5.57 Å². The molecule has 0 aromatic heterocycles. The molecule has 0 fully saturated rings. The lowest BCUT2D eigenvalue weighted by Crippen LogP contribution is -2.09. The zero-order valence-electron chi connectivity index (χ0n) is 64.5. The summed E-state index contributed by atoms with van der Waals surface area (Å²) in [5, 5.41) is 0. The average Bonchev–Trinajstić information content (AvgIpc) is 1.63. The third-order valence-corrected chi connectivity index (χ3v) is 22.0. The normalized spacial score (nSPS) is 15.1. The van der Waals surface area contributed by atoms with Crippen LogP contribution in [-0.2, 0) is 0 Å². The van der Waals surface area contributed by atoms with Crippen LogP contribution in [0.15, 0.2) is 114 Å². The van der Waals surface area contributed by atoms with E-state index in [1.54, 1.807) is 5.57 Å². The summed E-state index contributed by atoms with van der Waals surface area (Å²) in [6.45, 7) is 9.30. The lowest BCUT2D eigenvalue weighted by Gasteiger charge is -2.17. The van der Waals surface area contributed by atoms with Crippen molar-refractivity contribution in [2.75, 3.05) is 0 Å². The fraction of sp³-hybridized carbons (Fsp3) is 0.783. The summed E-state index contributed by atoms with van der Waals surface area (Å²) in [6.07, 6.45) is 112. The fourth-order valence-corrected chi connectivity index (χ4v) is 15.8. The first-order chi connectivity index (χ1) is 47.6. The molecule has 5 aliphatic heterocycles. The number of hydrogen-bond acceptors (Lipinski definition) is 4. The maximum atomic E-state index is 5.99. The third kappa shape index (κ3) is 40.1. The van der Waals surface area contributed by atoms with Crippen LogP contribution in [-0.4, -0.2) is 22.8 Å². The Bertz CT molecular complexity index is 2370. The summed E-state index contributed by atoms with van der Waals surface area (Å²) in [5.41, 5.74) is 14.7. The van der Waals surface area contributed by atoms with Crippen molar-refractivity contribution in [1.29, 1.82) is 0 Å². The van der Waals surface area contributed by atoms with E-state index in [1.807, 2.05) is 0 Å². The van der Waals surface area contributed by atoms with Crippen molar-refractivity contribution in [3.8, 4) is 0 Å². The van der Waals surface area contributed by atoms with Crippen molar-refractivity contribution >= 4 is 22.8 Å². The second kappa shape index (κ2) is 59.3. The summed E-state index contributed by atoms with van der Waals surface area (Å²) in [5.74, 6) is 0. The summed E-state index contributed by atoms with van der Waals surface area (Å²) < 4.78 is 0. The number of fused-ring (bicyclic) bond motifs is 4. The minimum Gasteiger partial charge on any atom is -0.249 e. The van der Waals surface area contributed by atoms with Gasteiger partial charge in [-0.2, -0.15) is 0 Å². The monoisotopic (exact) mass is 1320 g/mol. The number of aliphatic imine (C=N–C) groups is 4. The summed E-state index contributed by atoms with van der Waals surface area (Å²) in [7, 11) is 0. The van der Waals surface area contributed by atoms with Crippen LogP contribution in [0.5, 0.6) is 0 Å². The predicted molar refractivity (Wildman–Crippen MR) is 431 cm³/mol. The zero-order valence-corrected chi connectivity index (χ0v) is 64.5. The molecule has 0 aromatic carbocycles. The molecule has 8 bridgehead atoms. The van der Waals surface area contributed by atoms with Gasteiger partial charge in [0.1, 0.15) is 0 Å². The number of unbranched alkanes of at least 4 members (excludes halogenated alkanes) is 60. The van der Waals surface area contributed by atoms with Gasteiger partial charge in [-0.3, -0.25) is 0 Å². The van der Waals surface area contributed by atoms with Crippen LogP contribution in [0.3, 0.4) is 0 Å². The first-order valence-electron chi connectivity index (χ1n) is 43.7. The Balaban J connectivity index is 1.31. The highest BCUT2D eigenvalue weighted by molar-refractivity contribution is 6.19. The fourth-order valence-electron chi connectivity index (χ4n) is 15.8. The molecule has 0 aromatic rings. The Hall–Kier alpha value is -3.40. The highest BCUT2D eigenvalue weighted by Gasteiger charge is 2.30. The smallest absolute Gasteiger partial charge is 0.0726 e. The topological polar surface area (TPSA) is 49.4 Å². The van der Waals surface area contributed by atoms with Gasteiger partial charge in [-0.15, -0.1) is 0 Å². The minimum absolute atomic E-state index is 0.966. The SMILES string of the molecule is CCCCCCCCCCCCCCCCCCC1=CC2=CC3=NC(=CC4=NC(=CC5=NC(=C(CCCCCCCCCCCCCCCCCC)C1=N2)C(CCCCCCCCCCCCCCCCCC)=C5CCCCCCCCCCCCCCCCCC)C=C4)C=C3. The van der Waals surface area contributed by atoms with Gasteiger partial charge in [0.2, 0.25) is 0 Å². The molecule has 0 amide bonds. The Kier molecular flexibility index (Phi) is 51.4. The lowest BCUT2D eigenvalue weighted by molar-refractivity contribution is 0.528. The van der Waals surface area contributed by atoms with Gasteiger partial charge in [-0.1, -0.05) is 413 Å². The highest BCUT2D eigenvalue weighted by Crippen LogP contribution is 2.41. The molecular formula is C92H156N4. The van der Waals surface area contributed by atoms with E-state index in [1.165, 1.54) is 445 Å². The van der Waals surface area contributed by atoms with Gasteiger partial charge in [0.25, 0.3) is 0 Å². The summed E-state index contributed by atoms with van der Waals surface area (Å²) >= 11 is 0. The van der Waals surface area contributed by atoms with Gasteiger partial charge in [0.05, 0.1) is 45.6 Å². The van der Waals surface area contributed by atoms with E-state index in [0.29, 0.717) is 0 Å². The second-order valence-electron chi connectivity index (χ2n) is 31.1. The van der Waals surface area contributed by atoms with Crippen molar-refractivity contribution in [2.45, 2.75) is 464 Å². The third-order valence-electron chi connectivity index (χ3n) is 22.0. The molecule has 0 aliphatic carbocycles. The lowest BCUT2D eigenvalue weighted by atomic mass is 9.88. The van der Waals surface area contributed by atoms with Crippen LogP contribution >= 0.6 is 0 Å². The Labute approximate surface area is 597 Å². The van der Waals surface area contributed by atoms with E-state index >= 15 is 0 Å². The first-order valence-corrected chi connectivity index (χ1v) is 43.7. The predicted octanol–water partition coefficient (Wildman–Crippen LogP) is 31.7. The molecule has 0 unspecified atom stereocenters. The molecule has 0 radical (unpaired) electrons. The molecule has 4 nitrogen and oxygen atoms in total. The number of rotatable bonds is 68. The van der Waals surface area contributed by atoms with Crippen molar-refractivity contribution in [3.63, 3.8) is 0 Å². The maximum Gasteiger partial charge on any atom is 0.0726 e. The first kappa shape index (κ1) is 83.3. The van der Waals surface area contributed by atoms with Gasteiger partial charge in [-0.05, 0) is 117 Å². The number of allylic oxidation sites excluding steroid dienone is 12. The summed E-state index contributed by atoms with van der Waals surface area (Å²) in [4.78, 5) is 22.1. The van der Waals surface area contributed by atoms with Gasteiger partial charge >= 0.3 is 0 Å². The van der Waals surface area contributed by atoms with E-state index in [-0.39, 0.29) is 0 Å². The molecule has 5 rings (SSSR count). The van der Waals surface area contributed by atoms with Gasteiger partial charge < -0.3 is 0 Å². The zero-order chi connectivity index (χ0) is 67.5. The molecule has 0 spiro atoms.